The van der Waals surface area contributed by atoms with E-state index in [1.807, 2.05) is 62.6 Å². The summed E-state index contributed by atoms with van der Waals surface area (Å²) >= 11 is 0. The predicted octanol–water partition coefficient (Wildman–Crippen LogP) is 4.56. The van der Waals surface area contributed by atoms with Gasteiger partial charge in [-0.3, -0.25) is 9.67 Å². The lowest BCUT2D eigenvalue weighted by Gasteiger charge is -2.20. The number of nitrogens with one attached hydrogen (secondary N) is 1. The third-order valence-electron chi connectivity index (χ3n) is 5.61. The van der Waals surface area contributed by atoms with Gasteiger partial charge in [0.1, 0.15) is 5.52 Å². The van der Waals surface area contributed by atoms with Crippen LogP contribution in [0.3, 0.4) is 0 Å². The first-order chi connectivity index (χ1) is 15.5. The van der Waals surface area contributed by atoms with Crippen LogP contribution in [-0.4, -0.2) is 37.9 Å². The Morgan fingerprint density at radius 2 is 2.00 bits per heavy atom. The van der Waals surface area contributed by atoms with Crippen LogP contribution in [0.4, 0.5) is 11.4 Å². The van der Waals surface area contributed by atoms with E-state index in [1.54, 1.807) is 4.68 Å². The molecule has 0 aliphatic carbocycles. The molecule has 3 heterocycles. The van der Waals surface area contributed by atoms with Crippen molar-refractivity contribution < 1.29 is 9.90 Å². The fourth-order valence-electron chi connectivity index (χ4n) is 4.07. The average Bonchev–Trinajstić information content (AvgIpc) is 3.37. The van der Waals surface area contributed by atoms with Gasteiger partial charge in [-0.25, -0.2) is 4.79 Å². The molecule has 2 aromatic carbocycles. The summed E-state index contributed by atoms with van der Waals surface area (Å²) in [4.78, 5) is 21.2. The fourth-order valence-corrected chi connectivity index (χ4v) is 4.07. The lowest BCUT2D eigenvalue weighted by atomic mass is 10.1. The van der Waals surface area contributed by atoms with Crippen LogP contribution in [0.25, 0.3) is 33.3 Å². The number of anilines is 2. The molecule has 0 radical (unpaired) electrons. The summed E-state index contributed by atoms with van der Waals surface area (Å²) in [5, 5.41) is 15.2. The molecular weight excluding hydrogens is 402 g/mol. The van der Waals surface area contributed by atoms with E-state index in [0.717, 1.165) is 39.2 Å². The molecule has 7 nitrogen and oxygen atoms in total. The first kappa shape index (κ1) is 19.4. The Balaban J connectivity index is 1.68. The molecule has 0 bridgehead atoms. The van der Waals surface area contributed by atoms with Gasteiger partial charge in [0.25, 0.3) is 0 Å². The number of aryl methyl sites for hydroxylation is 1. The Labute approximate surface area is 183 Å². The van der Waals surface area contributed by atoms with Crippen molar-refractivity contribution in [3.8, 4) is 23.7 Å². The van der Waals surface area contributed by atoms with Gasteiger partial charge < -0.3 is 15.0 Å². The zero-order valence-corrected chi connectivity index (χ0v) is 17.5. The van der Waals surface area contributed by atoms with Crippen LogP contribution < -0.4 is 4.90 Å². The topological polar surface area (TPSA) is 87.0 Å². The smallest absolute Gasteiger partial charge is 0.337 e. The van der Waals surface area contributed by atoms with Crippen LogP contribution in [0.2, 0.25) is 0 Å². The first-order valence-corrected chi connectivity index (χ1v) is 9.95. The third-order valence-corrected chi connectivity index (χ3v) is 5.61. The second kappa shape index (κ2) is 7.29. The summed E-state index contributed by atoms with van der Waals surface area (Å²) in [6.07, 6.45) is 7.07. The number of carboxylic acids is 1. The molecule has 0 unspecified atom stereocenters. The number of fused-ring (bicyclic) bond motifs is 2. The number of pyridine rings is 1. The van der Waals surface area contributed by atoms with Gasteiger partial charge in [0, 0.05) is 36.9 Å². The number of aromatic nitrogens is 4. The van der Waals surface area contributed by atoms with Crippen molar-refractivity contribution in [3.63, 3.8) is 0 Å². The van der Waals surface area contributed by atoms with Crippen molar-refractivity contribution in [2.45, 2.75) is 0 Å². The molecule has 3 aromatic heterocycles. The molecule has 0 saturated carbocycles. The van der Waals surface area contributed by atoms with E-state index in [2.05, 4.69) is 20.8 Å². The molecule has 0 aliphatic heterocycles. The Kier molecular flexibility index (Phi) is 4.42. The Morgan fingerprint density at radius 1 is 1.19 bits per heavy atom. The van der Waals surface area contributed by atoms with Gasteiger partial charge in [-0.15, -0.1) is 6.42 Å². The summed E-state index contributed by atoms with van der Waals surface area (Å²) in [7, 11) is 3.85. The maximum absolute atomic E-state index is 11.6. The SMILES string of the molecule is C#Cc1cccc(N(C)c2cccc3c(-c4cc5nccc(C(=O)O)c5[nH]4)n(C)nc23)c1. The number of hydrogen-bond acceptors (Lipinski definition) is 4. The number of aromatic amines is 1. The quantitative estimate of drug-likeness (QED) is 0.415. The standard InChI is InChI=1S/C25H19N5O2/c1-4-15-7-5-8-16(13-15)29(2)21-10-6-9-17-23(21)28-30(3)24(17)20-14-19-22(27-20)18(25(31)32)11-12-26-19/h1,5-14,27H,2-3H3,(H,31,32). The highest BCUT2D eigenvalue weighted by atomic mass is 16.4. The molecule has 0 amide bonds. The molecule has 2 N–H and O–H groups in total. The van der Waals surface area contributed by atoms with Crippen LogP contribution >= 0.6 is 0 Å². The molecule has 32 heavy (non-hydrogen) atoms. The largest absolute Gasteiger partial charge is 0.478 e. The molecule has 0 saturated heterocycles. The van der Waals surface area contributed by atoms with E-state index in [9.17, 15) is 9.90 Å². The van der Waals surface area contributed by atoms with E-state index in [-0.39, 0.29) is 5.56 Å². The van der Waals surface area contributed by atoms with Crippen molar-refractivity contribution in [2.24, 2.45) is 7.05 Å². The van der Waals surface area contributed by atoms with Crippen LogP contribution in [-0.2, 0) is 7.05 Å². The summed E-state index contributed by atoms with van der Waals surface area (Å²) in [5.74, 6) is 1.67. The van der Waals surface area contributed by atoms with E-state index in [1.165, 1.54) is 12.3 Å². The molecule has 0 atom stereocenters. The lowest BCUT2D eigenvalue weighted by Crippen LogP contribution is -2.10. The van der Waals surface area contributed by atoms with Crippen LogP contribution in [0.15, 0.2) is 60.8 Å². The van der Waals surface area contributed by atoms with Gasteiger partial charge in [0.15, 0.2) is 0 Å². The van der Waals surface area contributed by atoms with Gasteiger partial charge in [-0.2, -0.15) is 5.10 Å². The number of H-pyrrole nitrogens is 1. The maximum Gasteiger partial charge on any atom is 0.337 e. The van der Waals surface area contributed by atoms with E-state index >= 15 is 0 Å². The van der Waals surface area contributed by atoms with Crippen molar-refractivity contribution in [3.05, 3.63) is 71.9 Å². The third kappa shape index (κ3) is 2.97. The number of nitrogens with zero attached hydrogens (tertiary/aromatic N) is 4. The van der Waals surface area contributed by atoms with Crippen LogP contribution in [0.1, 0.15) is 15.9 Å². The molecule has 0 spiro atoms. The lowest BCUT2D eigenvalue weighted by molar-refractivity contribution is 0.0698. The van der Waals surface area contributed by atoms with Crippen molar-refractivity contribution >= 4 is 39.3 Å². The molecule has 5 rings (SSSR count). The number of terminal acetylenes is 1. The molecule has 5 aromatic rings. The zero-order chi connectivity index (χ0) is 22.4. The number of rotatable bonds is 4. The summed E-state index contributed by atoms with van der Waals surface area (Å²) in [6, 6.07) is 17.1. The van der Waals surface area contributed by atoms with Gasteiger partial charge in [-0.05, 0) is 36.4 Å². The maximum atomic E-state index is 11.6. The van der Waals surface area contributed by atoms with Crippen LogP contribution in [0, 0.1) is 12.3 Å². The molecular formula is C25H19N5O2. The van der Waals surface area contributed by atoms with Gasteiger partial charge >= 0.3 is 5.97 Å². The van der Waals surface area contributed by atoms with Gasteiger partial charge in [0.05, 0.1) is 33.7 Å². The van der Waals surface area contributed by atoms with Crippen LogP contribution in [0.5, 0.6) is 0 Å². The van der Waals surface area contributed by atoms with Gasteiger partial charge in [-0.1, -0.05) is 24.1 Å². The highest BCUT2D eigenvalue weighted by molar-refractivity contribution is 6.05. The van der Waals surface area contributed by atoms with E-state index in [0.29, 0.717) is 11.0 Å². The molecule has 0 aliphatic rings. The number of benzene rings is 2. The summed E-state index contributed by atoms with van der Waals surface area (Å²) in [6.45, 7) is 0. The molecule has 156 valence electrons. The van der Waals surface area contributed by atoms with E-state index < -0.39 is 5.97 Å². The number of carbonyl (C=O) groups is 1. The first-order valence-electron chi connectivity index (χ1n) is 9.95. The minimum absolute atomic E-state index is 0.182. The minimum Gasteiger partial charge on any atom is -0.478 e. The second-order valence-corrected chi connectivity index (χ2v) is 7.51. The predicted molar refractivity (Wildman–Crippen MR) is 125 cm³/mol. The van der Waals surface area contributed by atoms with Crippen molar-refractivity contribution in [1.29, 1.82) is 0 Å². The highest BCUT2D eigenvalue weighted by Gasteiger charge is 2.20. The normalized spacial score (nSPS) is 11.0. The molecule has 0 fully saturated rings. The van der Waals surface area contributed by atoms with E-state index in [4.69, 9.17) is 11.5 Å². The Hall–Kier alpha value is -4.57. The van der Waals surface area contributed by atoms with Crippen molar-refractivity contribution in [1.82, 2.24) is 19.7 Å². The molecule has 7 heteroatoms. The Bertz CT molecular complexity index is 1550. The Morgan fingerprint density at radius 3 is 2.78 bits per heavy atom. The number of aromatic carboxylic acids is 1. The number of carboxylic acid groups (broad SMARTS) is 1. The number of hydrogen-bond donors (Lipinski definition) is 2. The summed E-state index contributed by atoms with van der Waals surface area (Å²) in [5.41, 5.74) is 6.38. The van der Waals surface area contributed by atoms with Gasteiger partial charge in [0.2, 0.25) is 0 Å². The minimum atomic E-state index is -1.00. The summed E-state index contributed by atoms with van der Waals surface area (Å²) < 4.78 is 1.80. The van der Waals surface area contributed by atoms with Crippen molar-refractivity contribution in [2.75, 3.05) is 11.9 Å². The fraction of sp³-hybridized carbons (Fsp3) is 0.0800. The second-order valence-electron chi connectivity index (χ2n) is 7.51. The highest BCUT2D eigenvalue weighted by Crippen LogP contribution is 2.36. The monoisotopic (exact) mass is 421 g/mol. The zero-order valence-electron chi connectivity index (χ0n) is 17.5. The average molecular weight is 421 g/mol.